The number of nitrogens with zero attached hydrogens (tertiary/aromatic N) is 5. The van der Waals surface area contributed by atoms with Crippen LogP contribution >= 0.6 is 22.9 Å². The van der Waals surface area contributed by atoms with E-state index in [0.29, 0.717) is 23.9 Å². The summed E-state index contributed by atoms with van der Waals surface area (Å²) < 4.78 is 1.71. The molecule has 166 valence electrons. The molecule has 5 rings (SSSR count). The van der Waals surface area contributed by atoms with Crippen LogP contribution in [0.5, 0.6) is 0 Å². The number of benzene rings is 1. The topological polar surface area (TPSA) is 72.6 Å². The average molecular weight is 470 g/mol. The standard InChI is InChI=1S/C23H24ClN5O2S/c1-15-6-11-29(26-15)13-22(30)28-9-7-16(8-10-28)23-25-20(14-32-23)19-12-21(31-27-19)17-4-2-3-5-18(17)24/h2-6,11,14,16,21H,7-10,12-13H2,1H3. The van der Waals surface area contributed by atoms with E-state index in [2.05, 4.69) is 15.6 Å². The van der Waals surface area contributed by atoms with Crippen LogP contribution in [0.2, 0.25) is 5.02 Å². The number of rotatable bonds is 5. The molecule has 32 heavy (non-hydrogen) atoms. The van der Waals surface area contributed by atoms with Crippen LogP contribution in [0.4, 0.5) is 0 Å². The van der Waals surface area contributed by atoms with E-state index < -0.39 is 0 Å². The number of aryl methyl sites for hydroxylation is 1. The van der Waals surface area contributed by atoms with E-state index >= 15 is 0 Å². The van der Waals surface area contributed by atoms with Crippen LogP contribution in [0.15, 0.2) is 47.1 Å². The number of amides is 1. The lowest BCUT2D eigenvalue weighted by molar-refractivity contribution is -0.133. The second kappa shape index (κ2) is 9.03. The third-order valence-corrected chi connectivity index (χ3v) is 7.36. The fourth-order valence-electron chi connectivity index (χ4n) is 4.21. The molecule has 0 spiro atoms. The molecular weight excluding hydrogens is 446 g/mol. The van der Waals surface area contributed by atoms with Crippen molar-refractivity contribution >= 4 is 34.6 Å². The Labute approximate surface area is 195 Å². The fourth-order valence-corrected chi connectivity index (χ4v) is 5.46. The highest BCUT2D eigenvalue weighted by Crippen LogP contribution is 2.35. The number of piperidine rings is 1. The molecule has 0 N–H and O–H groups in total. The highest BCUT2D eigenvalue weighted by Gasteiger charge is 2.29. The Morgan fingerprint density at radius 1 is 1.25 bits per heavy atom. The molecule has 2 aliphatic heterocycles. The summed E-state index contributed by atoms with van der Waals surface area (Å²) in [6.07, 6.45) is 4.18. The van der Waals surface area contributed by atoms with Crippen LogP contribution in [0.1, 0.15) is 53.2 Å². The van der Waals surface area contributed by atoms with Crippen molar-refractivity contribution in [3.8, 4) is 0 Å². The number of aromatic nitrogens is 3. The first-order valence-electron chi connectivity index (χ1n) is 10.8. The van der Waals surface area contributed by atoms with Gasteiger partial charge in [0.25, 0.3) is 0 Å². The second-order valence-electron chi connectivity index (χ2n) is 8.24. The summed E-state index contributed by atoms with van der Waals surface area (Å²) in [5.74, 6) is 0.487. The maximum absolute atomic E-state index is 12.6. The van der Waals surface area contributed by atoms with Crippen LogP contribution in [0.3, 0.4) is 0 Å². The van der Waals surface area contributed by atoms with Gasteiger partial charge in [-0.05, 0) is 31.9 Å². The highest BCUT2D eigenvalue weighted by molar-refractivity contribution is 7.10. The summed E-state index contributed by atoms with van der Waals surface area (Å²) in [6, 6.07) is 9.62. The molecule has 1 saturated heterocycles. The molecule has 0 aliphatic carbocycles. The van der Waals surface area contributed by atoms with Crippen molar-refractivity contribution in [3.05, 3.63) is 68.9 Å². The van der Waals surface area contributed by atoms with E-state index in [4.69, 9.17) is 21.4 Å². The fraction of sp³-hybridized carbons (Fsp3) is 0.391. The lowest BCUT2D eigenvalue weighted by atomic mass is 9.97. The van der Waals surface area contributed by atoms with Crippen molar-refractivity contribution in [2.24, 2.45) is 5.16 Å². The zero-order chi connectivity index (χ0) is 22.1. The second-order valence-corrected chi connectivity index (χ2v) is 9.54. The van der Waals surface area contributed by atoms with Gasteiger partial charge in [0.15, 0.2) is 6.10 Å². The molecule has 1 atom stereocenters. The summed E-state index contributed by atoms with van der Waals surface area (Å²) in [5, 5.41) is 12.5. The lowest BCUT2D eigenvalue weighted by Gasteiger charge is -2.31. The SMILES string of the molecule is Cc1ccn(CC(=O)N2CCC(c3nc(C4=NOC(c5ccccc5Cl)C4)cs3)CC2)n1. The van der Waals surface area contributed by atoms with Crippen molar-refractivity contribution in [2.45, 2.75) is 44.8 Å². The Hall–Kier alpha value is -2.71. The number of carbonyl (C=O) groups is 1. The Kier molecular flexibility index (Phi) is 5.97. The van der Waals surface area contributed by atoms with Crippen LogP contribution in [0, 0.1) is 6.92 Å². The van der Waals surface area contributed by atoms with Gasteiger partial charge in [0, 0.05) is 47.6 Å². The van der Waals surface area contributed by atoms with Crippen molar-refractivity contribution < 1.29 is 9.63 Å². The van der Waals surface area contributed by atoms with Gasteiger partial charge >= 0.3 is 0 Å². The van der Waals surface area contributed by atoms with Crippen LogP contribution in [-0.2, 0) is 16.2 Å². The molecule has 3 aromatic rings. The highest BCUT2D eigenvalue weighted by atomic mass is 35.5. The summed E-state index contributed by atoms with van der Waals surface area (Å²) in [4.78, 5) is 25.0. The quantitative estimate of drug-likeness (QED) is 0.548. The zero-order valence-corrected chi connectivity index (χ0v) is 19.3. The number of halogens is 1. The predicted molar refractivity (Wildman–Crippen MR) is 124 cm³/mol. The number of carbonyl (C=O) groups excluding carboxylic acids is 1. The largest absolute Gasteiger partial charge is 0.387 e. The van der Waals surface area contributed by atoms with E-state index in [1.165, 1.54) is 0 Å². The molecule has 0 saturated carbocycles. The van der Waals surface area contributed by atoms with Crippen molar-refractivity contribution in [3.63, 3.8) is 0 Å². The molecule has 0 radical (unpaired) electrons. The first-order chi connectivity index (χ1) is 15.6. The summed E-state index contributed by atoms with van der Waals surface area (Å²) >= 11 is 7.97. The van der Waals surface area contributed by atoms with Gasteiger partial charge in [-0.3, -0.25) is 9.48 Å². The van der Waals surface area contributed by atoms with Crippen molar-refractivity contribution in [2.75, 3.05) is 13.1 Å². The maximum atomic E-state index is 12.6. The predicted octanol–water partition coefficient (Wildman–Crippen LogP) is 4.57. The molecule has 0 bridgehead atoms. The van der Waals surface area contributed by atoms with E-state index in [-0.39, 0.29) is 12.0 Å². The summed E-state index contributed by atoms with van der Waals surface area (Å²) in [7, 11) is 0. The van der Waals surface area contributed by atoms with Gasteiger partial charge in [-0.2, -0.15) is 5.10 Å². The number of likely N-dealkylation sites (tertiary alicyclic amines) is 1. The lowest BCUT2D eigenvalue weighted by Crippen LogP contribution is -2.39. The third-order valence-electron chi connectivity index (χ3n) is 6.01. The number of oxime groups is 1. The smallest absolute Gasteiger partial charge is 0.244 e. The normalized spacial score (nSPS) is 19.1. The van der Waals surface area contributed by atoms with E-state index in [0.717, 1.165) is 53.6 Å². The first kappa shape index (κ1) is 21.2. The molecule has 1 fully saturated rings. The molecule has 4 heterocycles. The molecule has 9 heteroatoms. The Bertz CT molecular complexity index is 1150. The van der Waals surface area contributed by atoms with Crippen LogP contribution in [-0.4, -0.2) is 44.4 Å². The molecule has 2 aromatic heterocycles. The Morgan fingerprint density at radius 2 is 2.06 bits per heavy atom. The minimum atomic E-state index is -0.170. The first-order valence-corrected chi connectivity index (χ1v) is 12.0. The van der Waals surface area contributed by atoms with Gasteiger partial charge in [0.05, 0.1) is 16.4 Å². The third kappa shape index (κ3) is 4.42. The molecular formula is C23H24ClN5O2S. The maximum Gasteiger partial charge on any atom is 0.244 e. The van der Waals surface area contributed by atoms with Gasteiger partial charge in [0.1, 0.15) is 12.3 Å². The summed E-state index contributed by atoms with van der Waals surface area (Å²) in [5.41, 5.74) is 3.61. The van der Waals surface area contributed by atoms with E-state index in [1.54, 1.807) is 16.0 Å². The molecule has 1 aromatic carbocycles. The van der Waals surface area contributed by atoms with E-state index in [9.17, 15) is 4.79 Å². The van der Waals surface area contributed by atoms with Gasteiger partial charge in [-0.1, -0.05) is 35.0 Å². The molecule has 1 amide bonds. The van der Waals surface area contributed by atoms with Gasteiger partial charge in [0.2, 0.25) is 5.91 Å². The van der Waals surface area contributed by atoms with Crippen molar-refractivity contribution in [1.29, 1.82) is 0 Å². The van der Waals surface area contributed by atoms with Crippen LogP contribution < -0.4 is 0 Å². The molecule has 2 aliphatic rings. The van der Waals surface area contributed by atoms with Gasteiger partial charge in [-0.15, -0.1) is 11.3 Å². The van der Waals surface area contributed by atoms with Gasteiger partial charge < -0.3 is 9.74 Å². The van der Waals surface area contributed by atoms with E-state index in [1.807, 2.05) is 48.4 Å². The minimum absolute atomic E-state index is 0.120. The number of thiazole rings is 1. The van der Waals surface area contributed by atoms with Gasteiger partial charge in [-0.25, -0.2) is 4.98 Å². The molecule has 7 nitrogen and oxygen atoms in total. The Morgan fingerprint density at radius 3 is 2.81 bits per heavy atom. The summed E-state index contributed by atoms with van der Waals surface area (Å²) in [6.45, 7) is 3.72. The number of hydrogen-bond donors (Lipinski definition) is 0. The number of hydrogen-bond acceptors (Lipinski definition) is 6. The van der Waals surface area contributed by atoms with Crippen LogP contribution in [0.25, 0.3) is 0 Å². The minimum Gasteiger partial charge on any atom is -0.387 e. The van der Waals surface area contributed by atoms with Crippen molar-refractivity contribution in [1.82, 2.24) is 19.7 Å². The zero-order valence-electron chi connectivity index (χ0n) is 17.8. The monoisotopic (exact) mass is 469 g/mol. The average Bonchev–Trinajstić information content (AvgIpc) is 3.55. The Balaban J connectivity index is 1.16. The molecule has 1 unspecified atom stereocenters.